The normalized spacial score (nSPS) is 22.6. The van der Waals surface area contributed by atoms with Crippen molar-refractivity contribution < 1.29 is 14.6 Å². The Bertz CT molecular complexity index is 1240. The lowest BCUT2D eigenvalue weighted by Crippen LogP contribution is -2.53. The highest BCUT2D eigenvalue weighted by Gasteiger charge is 2.31. The highest BCUT2D eigenvalue weighted by atomic mass is 16.5. The first kappa shape index (κ1) is 24.7. The molecule has 0 aliphatic carbocycles. The highest BCUT2D eigenvalue weighted by Crippen LogP contribution is 2.35. The summed E-state index contributed by atoms with van der Waals surface area (Å²) in [6, 6.07) is 7.25. The van der Waals surface area contributed by atoms with Gasteiger partial charge in [0.25, 0.3) is 0 Å². The number of hydrogen-bond acceptors (Lipinski definition) is 8. The number of piperidine rings is 1. The number of aromatic nitrogens is 4. The van der Waals surface area contributed by atoms with Crippen molar-refractivity contribution in [2.75, 3.05) is 50.9 Å². The third-order valence-corrected chi connectivity index (χ3v) is 8.12. The van der Waals surface area contributed by atoms with Gasteiger partial charge in [-0.05, 0) is 82.3 Å². The van der Waals surface area contributed by atoms with E-state index < -0.39 is 6.10 Å². The molecule has 0 radical (unpaired) electrons. The van der Waals surface area contributed by atoms with Gasteiger partial charge in [-0.2, -0.15) is 5.10 Å². The van der Waals surface area contributed by atoms with E-state index >= 15 is 0 Å². The Morgan fingerprint density at radius 3 is 2.59 bits per heavy atom. The summed E-state index contributed by atoms with van der Waals surface area (Å²) in [6.45, 7) is 11.9. The van der Waals surface area contributed by atoms with Crippen molar-refractivity contribution in [2.45, 2.75) is 64.2 Å². The summed E-state index contributed by atoms with van der Waals surface area (Å²) in [5, 5.41) is 15.3. The Morgan fingerprint density at radius 1 is 1.08 bits per heavy atom. The monoisotopic (exact) mass is 506 g/mol. The van der Waals surface area contributed by atoms with Gasteiger partial charge in [-0.1, -0.05) is 0 Å². The first-order valence-electron chi connectivity index (χ1n) is 13.7. The standard InChI is InChI=1S/C28H38N6O3/c1-18-10-22-13-29-34(26(22)11-25(18)21-4-7-32(8-5-21)23-6-9-36-17-23)28-12-27(30-20(3)31-28)33-14-24(15-33)37-16-19(2)35/h10-13,19,21,23-24,35H,4-9,14-17H2,1-3H3. The van der Waals surface area contributed by atoms with Crippen LogP contribution in [0.1, 0.15) is 49.1 Å². The van der Waals surface area contributed by atoms with E-state index in [1.807, 2.05) is 23.9 Å². The molecule has 2 unspecified atom stereocenters. The van der Waals surface area contributed by atoms with Crippen LogP contribution in [0, 0.1) is 13.8 Å². The second kappa shape index (κ2) is 10.3. The topological polar surface area (TPSA) is 88.8 Å². The van der Waals surface area contributed by atoms with Gasteiger partial charge in [0.05, 0.1) is 37.1 Å². The van der Waals surface area contributed by atoms with Crippen molar-refractivity contribution >= 4 is 16.7 Å². The number of anilines is 1. The van der Waals surface area contributed by atoms with E-state index in [1.54, 1.807) is 6.92 Å². The molecule has 3 aromatic rings. The van der Waals surface area contributed by atoms with E-state index in [2.05, 4.69) is 33.8 Å². The minimum absolute atomic E-state index is 0.122. The fourth-order valence-electron chi connectivity index (χ4n) is 6.03. The highest BCUT2D eigenvalue weighted by molar-refractivity contribution is 5.82. The zero-order chi connectivity index (χ0) is 25.5. The Kier molecular flexibility index (Phi) is 6.88. The molecule has 9 heteroatoms. The summed E-state index contributed by atoms with van der Waals surface area (Å²) in [5.41, 5.74) is 3.87. The summed E-state index contributed by atoms with van der Waals surface area (Å²) in [4.78, 5) is 14.2. The molecule has 1 aromatic carbocycles. The average molecular weight is 507 g/mol. The van der Waals surface area contributed by atoms with E-state index in [0.29, 0.717) is 18.6 Å². The van der Waals surface area contributed by atoms with Crippen LogP contribution in [-0.4, -0.2) is 94.0 Å². The molecule has 5 heterocycles. The molecule has 1 N–H and O–H groups in total. The number of aliphatic hydroxyl groups is 1. The van der Waals surface area contributed by atoms with E-state index in [9.17, 15) is 5.11 Å². The van der Waals surface area contributed by atoms with Gasteiger partial charge in [0, 0.05) is 37.2 Å². The number of aryl methyl sites for hydroxylation is 2. The zero-order valence-corrected chi connectivity index (χ0v) is 22.1. The van der Waals surface area contributed by atoms with Crippen molar-refractivity contribution in [3.8, 4) is 5.82 Å². The third kappa shape index (κ3) is 5.10. The number of nitrogens with zero attached hydrogens (tertiary/aromatic N) is 6. The summed E-state index contributed by atoms with van der Waals surface area (Å²) in [5.74, 6) is 2.96. The fraction of sp³-hybridized carbons (Fsp3) is 0.607. The van der Waals surface area contributed by atoms with Gasteiger partial charge in [0.1, 0.15) is 11.6 Å². The lowest BCUT2D eigenvalue weighted by molar-refractivity contribution is -0.0145. The number of aliphatic hydroxyl groups excluding tert-OH is 1. The van der Waals surface area contributed by atoms with Gasteiger partial charge in [-0.15, -0.1) is 0 Å². The van der Waals surface area contributed by atoms with Gasteiger partial charge in [0.2, 0.25) is 0 Å². The van der Waals surface area contributed by atoms with Crippen LogP contribution < -0.4 is 4.90 Å². The molecule has 9 nitrogen and oxygen atoms in total. The van der Waals surface area contributed by atoms with Gasteiger partial charge in [-0.3, -0.25) is 4.90 Å². The summed E-state index contributed by atoms with van der Waals surface area (Å²) in [6.07, 6.45) is 5.15. The second-order valence-corrected chi connectivity index (χ2v) is 11.0. The van der Waals surface area contributed by atoms with E-state index in [4.69, 9.17) is 19.6 Å². The molecule has 0 amide bonds. The molecule has 2 atom stereocenters. The predicted molar refractivity (Wildman–Crippen MR) is 143 cm³/mol. The van der Waals surface area contributed by atoms with E-state index in [1.165, 1.54) is 30.4 Å². The lowest BCUT2D eigenvalue weighted by atomic mass is 9.86. The minimum Gasteiger partial charge on any atom is -0.391 e. The average Bonchev–Trinajstić information content (AvgIpc) is 3.52. The molecule has 3 saturated heterocycles. The third-order valence-electron chi connectivity index (χ3n) is 8.12. The SMILES string of the molecule is Cc1nc(N2CC(OCC(C)O)C2)cc(-n2ncc3cc(C)c(C4CCN(C5CCOC5)CC4)cc32)n1. The van der Waals surface area contributed by atoms with Crippen LogP contribution in [0.5, 0.6) is 0 Å². The van der Waals surface area contributed by atoms with Crippen LogP contribution in [-0.2, 0) is 9.47 Å². The molecule has 0 spiro atoms. The molecular formula is C28H38N6O3. The van der Waals surface area contributed by atoms with Crippen LogP contribution in [0.4, 0.5) is 5.82 Å². The quantitative estimate of drug-likeness (QED) is 0.523. The molecule has 37 heavy (non-hydrogen) atoms. The number of likely N-dealkylation sites (tertiary alicyclic amines) is 1. The van der Waals surface area contributed by atoms with Crippen LogP contribution in [0.15, 0.2) is 24.4 Å². The number of hydrogen-bond donors (Lipinski definition) is 1. The van der Waals surface area contributed by atoms with Crippen LogP contribution in [0.25, 0.3) is 16.7 Å². The Balaban J connectivity index is 1.22. The number of ether oxygens (including phenoxy) is 2. The van der Waals surface area contributed by atoms with Crippen LogP contribution in [0.3, 0.4) is 0 Å². The molecule has 0 bridgehead atoms. The largest absolute Gasteiger partial charge is 0.391 e. The molecule has 2 aromatic heterocycles. The van der Waals surface area contributed by atoms with Gasteiger partial charge in [0.15, 0.2) is 5.82 Å². The van der Waals surface area contributed by atoms with Crippen molar-refractivity contribution in [1.29, 1.82) is 0 Å². The molecule has 3 fully saturated rings. The fourth-order valence-corrected chi connectivity index (χ4v) is 6.03. The van der Waals surface area contributed by atoms with Crippen molar-refractivity contribution in [3.05, 3.63) is 41.3 Å². The van der Waals surface area contributed by atoms with Crippen LogP contribution >= 0.6 is 0 Å². The van der Waals surface area contributed by atoms with E-state index in [0.717, 1.165) is 67.8 Å². The Labute approximate surface area is 218 Å². The smallest absolute Gasteiger partial charge is 0.159 e. The van der Waals surface area contributed by atoms with Crippen LogP contribution in [0.2, 0.25) is 0 Å². The Morgan fingerprint density at radius 2 is 1.86 bits per heavy atom. The van der Waals surface area contributed by atoms with Gasteiger partial charge in [-0.25, -0.2) is 14.6 Å². The predicted octanol–water partition coefficient (Wildman–Crippen LogP) is 2.99. The Hall–Kier alpha value is -2.59. The second-order valence-electron chi connectivity index (χ2n) is 11.0. The number of rotatable bonds is 7. The van der Waals surface area contributed by atoms with Crippen molar-refractivity contribution in [1.82, 2.24) is 24.6 Å². The zero-order valence-electron chi connectivity index (χ0n) is 22.1. The van der Waals surface area contributed by atoms with Gasteiger partial charge < -0.3 is 19.5 Å². The molecule has 3 aliphatic rings. The molecule has 198 valence electrons. The minimum atomic E-state index is -0.446. The summed E-state index contributed by atoms with van der Waals surface area (Å²) < 4.78 is 13.3. The molecule has 3 aliphatic heterocycles. The molecule has 6 rings (SSSR count). The maximum Gasteiger partial charge on any atom is 0.159 e. The first-order valence-corrected chi connectivity index (χ1v) is 13.7. The van der Waals surface area contributed by atoms with Crippen molar-refractivity contribution in [3.63, 3.8) is 0 Å². The van der Waals surface area contributed by atoms with E-state index in [-0.39, 0.29) is 6.10 Å². The van der Waals surface area contributed by atoms with Crippen molar-refractivity contribution in [2.24, 2.45) is 0 Å². The first-order chi connectivity index (χ1) is 17.9. The lowest BCUT2D eigenvalue weighted by Gasteiger charge is -2.40. The summed E-state index contributed by atoms with van der Waals surface area (Å²) in [7, 11) is 0. The molecule has 0 saturated carbocycles. The summed E-state index contributed by atoms with van der Waals surface area (Å²) >= 11 is 0. The number of fused-ring (bicyclic) bond motifs is 1. The number of benzene rings is 1. The maximum absolute atomic E-state index is 9.47. The molecular weight excluding hydrogens is 468 g/mol. The van der Waals surface area contributed by atoms with Gasteiger partial charge >= 0.3 is 0 Å². The maximum atomic E-state index is 9.47.